The van der Waals surface area contributed by atoms with Crippen LogP contribution in [0, 0.1) is 46.3 Å². The lowest BCUT2D eigenvalue weighted by atomic mass is 9.44. The Labute approximate surface area is 281 Å². The topological polar surface area (TPSA) is 92.7 Å². The highest BCUT2D eigenvalue weighted by atomic mass is 16.5. The maximum absolute atomic E-state index is 12.8. The Bertz CT molecular complexity index is 983. The Morgan fingerprint density at radius 1 is 0.783 bits per heavy atom. The van der Waals surface area contributed by atoms with Crippen LogP contribution in [-0.4, -0.2) is 35.6 Å². The first kappa shape index (κ1) is 37.2. The lowest BCUT2D eigenvalue weighted by molar-refractivity contribution is -0.162. The summed E-state index contributed by atoms with van der Waals surface area (Å²) in [5.74, 6) is 3.07. The maximum Gasteiger partial charge on any atom is 0.322 e. The minimum atomic E-state index is -0.989. The molecule has 4 rings (SSSR count). The van der Waals surface area contributed by atoms with Gasteiger partial charge in [-0.1, -0.05) is 91.9 Å². The summed E-state index contributed by atoms with van der Waals surface area (Å²) in [5, 5.41) is 11.4. The number of unbranched alkanes of at least 4 members (excludes halogenated alkanes) is 10. The summed E-state index contributed by atoms with van der Waals surface area (Å²) in [6.07, 6.45) is 27.3. The van der Waals surface area contributed by atoms with Gasteiger partial charge in [0.1, 0.15) is 12.6 Å². The van der Waals surface area contributed by atoms with E-state index in [0.717, 1.165) is 49.9 Å². The van der Waals surface area contributed by atoms with E-state index in [9.17, 15) is 14.4 Å². The highest BCUT2D eigenvalue weighted by Gasteiger charge is 2.60. The SMILES string of the molecule is CCCCCCCCCCCCCC(=O)OC1CCC2(C)C(CCC3C2CCC2(C)C(C(C)CCC(=O)NCC(=O)O)CCC32)C1. The molecule has 264 valence electrons. The number of rotatable bonds is 19. The largest absolute Gasteiger partial charge is 0.480 e. The Balaban J connectivity index is 1.17. The number of hydrogen-bond acceptors (Lipinski definition) is 4. The van der Waals surface area contributed by atoms with E-state index in [1.54, 1.807) is 0 Å². The van der Waals surface area contributed by atoms with Gasteiger partial charge >= 0.3 is 11.9 Å². The second-order valence-electron chi connectivity index (χ2n) is 16.7. The van der Waals surface area contributed by atoms with Crippen LogP contribution in [0.3, 0.4) is 0 Å². The van der Waals surface area contributed by atoms with Crippen molar-refractivity contribution in [2.24, 2.45) is 46.3 Å². The Kier molecular flexibility index (Phi) is 14.3. The zero-order valence-electron chi connectivity index (χ0n) is 30.1. The molecule has 6 heteroatoms. The van der Waals surface area contributed by atoms with Crippen LogP contribution in [0.5, 0.6) is 0 Å². The number of carboxylic acid groups (broad SMARTS) is 1. The van der Waals surface area contributed by atoms with Gasteiger partial charge in [-0.2, -0.15) is 0 Å². The van der Waals surface area contributed by atoms with Crippen LogP contribution in [0.1, 0.15) is 175 Å². The molecule has 0 radical (unpaired) electrons. The Hall–Kier alpha value is -1.59. The summed E-state index contributed by atoms with van der Waals surface area (Å²) < 4.78 is 6.11. The molecule has 0 aliphatic heterocycles. The van der Waals surface area contributed by atoms with Gasteiger partial charge < -0.3 is 15.2 Å². The molecule has 0 aromatic rings. The van der Waals surface area contributed by atoms with Crippen LogP contribution < -0.4 is 5.32 Å². The first-order chi connectivity index (χ1) is 22.1. The number of carbonyl (C=O) groups is 3. The van der Waals surface area contributed by atoms with Crippen LogP contribution in [0.15, 0.2) is 0 Å². The van der Waals surface area contributed by atoms with E-state index < -0.39 is 5.97 Å². The highest BCUT2D eigenvalue weighted by molar-refractivity contribution is 5.81. The molecule has 4 aliphatic rings. The number of carboxylic acids is 1. The molecule has 6 nitrogen and oxygen atoms in total. The number of esters is 1. The molecule has 0 spiro atoms. The van der Waals surface area contributed by atoms with Crippen molar-refractivity contribution in [3.8, 4) is 0 Å². The predicted molar refractivity (Wildman–Crippen MR) is 185 cm³/mol. The summed E-state index contributed by atoms with van der Waals surface area (Å²) in [6.45, 7) is 9.46. The fourth-order valence-corrected chi connectivity index (χ4v) is 11.3. The molecular weight excluding hydrogens is 574 g/mol. The third-order valence-electron chi connectivity index (χ3n) is 13.9. The van der Waals surface area contributed by atoms with Gasteiger partial charge in [-0.05, 0) is 117 Å². The first-order valence-corrected chi connectivity index (χ1v) is 19.8. The van der Waals surface area contributed by atoms with Crippen molar-refractivity contribution in [1.82, 2.24) is 5.32 Å². The van der Waals surface area contributed by atoms with Gasteiger partial charge in [0.15, 0.2) is 0 Å². The van der Waals surface area contributed by atoms with Crippen molar-refractivity contribution < 1.29 is 24.2 Å². The minimum Gasteiger partial charge on any atom is -0.480 e. The van der Waals surface area contributed by atoms with E-state index in [2.05, 4.69) is 33.0 Å². The molecule has 0 bridgehead atoms. The van der Waals surface area contributed by atoms with Gasteiger partial charge in [0.2, 0.25) is 5.91 Å². The molecule has 0 saturated heterocycles. The minimum absolute atomic E-state index is 0.0390. The van der Waals surface area contributed by atoms with Gasteiger partial charge in [0.05, 0.1) is 0 Å². The van der Waals surface area contributed by atoms with E-state index in [4.69, 9.17) is 9.84 Å². The molecule has 4 fully saturated rings. The second kappa shape index (κ2) is 17.7. The smallest absolute Gasteiger partial charge is 0.322 e. The van der Waals surface area contributed by atoms with Crippen LogP contribution >= 0.6 is 0 Å². The fourth-order valence-electron chi connectivity index (χ4n) is 11.3. The van der Waals surface area contributed by atoms with E-state index in [-0.39, 0.29) is 24.5 Å². The molecule has 9 atom stereocenters. The van der Waals surface area contributed by atoms with Crippen molar-refractivity contribution >= 4 is 17.8 Å². The summed E-state index contributed by atoms with van der Waals surface area (Å²) in [6, 6.07) is 0. The highest BCUT2D eigenvalue weighted by Crippen LogP contribution is 2.68. The third kappa shape index (κ3) is 9.52. The molecule has 2 N–H and O–H groups in total. The summed E-state index contributed by atoms with van der Waals surface area (Å²) in [7, 11) is 0. The van der Waals surface area contributed by atoms with Crippen LogP contribution in [-0.2, 0) is 19.1 Å². The van der Waals surface area contributed by atoms with Crippen molar-refractivity contribution in [3.05, 3.63) is 0 Å². The summed E-state index contributed by atoms with van der Waals surface area (Å²) in [5.41, 5.74) is 0.720. The van der Waals surface area contributed by atoms with Crippen molar-refractivity contribution in [1.29, 1.82) is 0 Å². The first-order valence-electron chi connectivity index (χ1n) is 19.8. The maximum atomic E-state index is 12.8. The van der Waals surface area contributed by atoms with E-state index in [1.807, 2.05) is 0 Å². The zero-order chi connectivity index (χ0) is 33.2. The second-order valence-corrected chi connectivity index (χ2v) is 16.7. The number of amides is 1. The average molecular weight is 644 g/mol. The number of aliphatic carboxylic acids is 1. The molecular formula is C40H69NO5. The lowest BCUT2D eigenvalue weighted by Gasteiger charge is -2.61. The van der Waals surface area contributed by atoms with Gasteiger partial charge in [-0.15, -0.1) is 0 Å². The zero-order valence-corrected chi connectivity index (χ0v) is 30.1. The average Bonchev–Trinajstić information content (AvgIpc) is 3.39. The van der Waals surface area contributed by atoms with Crippen molar-refractivity contribution in [2.75, 3.05) is 6.54 Å². The van der Waals surface area contributed by atoms with E-state index in [0.29, 0.717) is 41.4 Å². The van der Waals surface area contributed by atoms with Gasteiger partial charge in [0, 0.05) is 12.8 Å². The van der Waals surface area contributed by atoms with Crippen molar-refractivity contribution in [3.63, 3.8) is 0 Å². The lowest BCUT2D eigenvalue weighted by Crippen LogP contribution is -2.54. The summed E-state index contributed by atoms with van der Waals surface area (Å²) in [4.78, 5) is 35.8. The number of carbonyl (C=O) groups excluding carboxylic acids is 2. The van der Waals surface area contributed by atoms with Crippen LogP contribution in [0.25, 0.3) is 0 Å². The van der Waals surface area contributed by atoms with Crippen molar-refractivity contribution in [2.45, 2.75) is 181 Å². The number of fused-ring (bicyclic) bond motifs is 5. The quantitative estimate of drug-likeness (QED) is 0.108. The molecule has 0 heterocycles. The Morgan fingerprint density at radius 3 is 2.09 bits per heavy atom. The number of nitrogens with one attached hydrogen (secondary N) is 1. The van der Waals surface area contributed by atoms with E-state index in [1.165, 1.54) is 103 Å². The fraction of sp³-hybridized carbons (Fsp3) is 0.925. The Morgan fingerprint density at radius 2 is 1.41 bits per heavy atom. The van der Waals surface area contributed by atoms with E-state index >= 15 is 0 Å². The third-order valence-corrected chi connectivity index (χ3v) is 13.9. The standard InChI is InChI=1S/C40H69NO5/c1-5-6-7-8-9-10-11-12-13-14-15-16-38(45)46-31-23-25-39(3)30(27-31)18-19-32-34-21-20-33(40(34,4)26-24-35(32)39)29(2)17-22-36(42)41-28-37(43)44/h29-35H,5-28H2,1-4H3,(H,41,42)(H,43,44). The molecule has 4 aliphatic carbocycles. The van der Waals surface area contributed by atoms with Gasteiger partial charge in [-0.3, -0.25) is 14.4 Å². The normalized spacial score (nSPS) is 34.2. The molecule has 9 unspecified atom stereocenters. The number of hydrogen-bond donors (Lipinski definition) is 2. The predicted octanol–water partition coefficient (Wildman–Crippen LogP) is 9.88. The molecule has 46 heavy (non-hydrogen) atoms. The molecule has 4 saturated carbocycles. The number of ether oxygens (including phenoxy) is 1. The van der Waals surface area contributed by atoms with Gasteiger partial charge in [-0.25, -0.2) is 0 Å². The molecule has 0 aromatic heterocycles. The monoisotopic (exact) mass is 644 g/mol. The van der Waals surface area contributed by atoms with Crippen LogP contribution in [0.4, 0.5) is 0 Å². The van der Waals surface area contributed by atoms with Crippen LogP contribution in [0.2, 0.25) is 0 Å². The molecule has 0 aromatic carbocycles. The molecule has 1 amide bonds. The summed E-state index contributed by atoms with van der Waals surface area (Å²) >= 11 is 0. The van der Waals surface area contributed by atoms with Gasteiger partial charge in [0.25, 0.3) is 0 Å².